The number of nitrogens with one attached hydrogen (secondary N) is 1. The van der Waals surface area contributed by atoms with Gasteiger partial charge < -0.3 is 20.3 Å². The van der Waals surface area contributed by atoms with Crippen molar-refractivity contribution in [1.82, 2.24) is 0 Å². The Morgan fingerprint density at radius 3 is 1.90 bits per heavy atom. The molecule has 0 aliphatic carbocycles. The smallest absolute Gasteiger partial charge is 0.329 e. The summed E-state index contributed by atoms with van der Waals surface area (Å²) in [6, 6.07) is 30.8. The number of hydrogen-bond acceptors (Lipinski definition) is 5. The lowest BCUT2D eigenvalue weighted by molar-refractivity contribution is -0.163. The molecule has 4 rings (SSSR count). The van der Waals surface area contributed by atoms with Gasteiger partial charge in [0.05, 0.1) is 6.42 Å². The molecule has 0 spiro atoms. The minimum absolute atomic E-state index is 0.00722. The maximum Gasteiger partial charge on any atom is 0.329 e. The predicted octanol–water partition coefficient (Wildman–Crippen LogP) is 4.80. The summed E-state index contributed by atoms with van der Waals surface area (Å²) in [4.78, 5) is 49.1. The third-order valence-electron chi connectivity index (χ3n) is 6.24. The zero-order valence-electron chi connectivity index (χ0n) is 20.7. The van der Waals surface area contributed by atoms with Crippen molar-refractivity contribution in [1.29, 1.82) is 0 Å². The molecule has 0 bridgehead atoms. The quantitative estimate of drug-likeness (QED) is 0.201. The average molecular weight is 524 g/mol. The van der Waals surface area contributed by atoms with Crippen LogP contribution in [0, 0.1) is 0 Å². The van der Waals surface area contributed by atoms with E-state index in [1.165, 1.54) is 24.3 Å². The summed E-state index contributed by atoms with van der Waals surface area (Å²) in [6.07, 6.45) is -0.211. The van der Waals surface area contributed by atoms with E-state index in [9.17, 15) is 29.4 Å². The SMILES string of the molecule is O=C(Cc1ccc(NC(=O)c2cccc(-c3ccccc3)c2)cc1)OCC(C(=O)O)(C(=O)O)c1ccccc1. The Kier molecular flexibility index (Phi) is 8.16. The summed E-state index contributed by atoms with van der Waals surface area (Å²) < 4.78 is 5.12. The van der Waals surface area contributed by atoms with E-state index in [1.54, 1.807) is 42.5 Å². The van der Waals surface area contributed by atoms with Crippen molar-refractivity contribution in [3.8, 4) is 11.1 Å². The van der Waals surface area contributed by atoms with E-state index < -0.39 is 29.9 Å². The van der Waals surface area contributed by atoms with Crippen molar-refractivity contribution in [2.45, 2.75) is 11.8 Å². The molecule has 196 valence electrons. The number of aliphatic carboxylic acids is 2. The lowest BCUT2D eigenvalue weighted by Gasteiger charge is -2.25. The third-order valence-corrected chi connectivity index (χ3v) is 6.24. The number of carbonyl (C=O) groups is 4. The molecule has 0 aliphatic heterocycles. The second-order valence-electron chi connectivity index (χ2n) is 8.82. The number of carbonyl (C=O) groups excluding carboxylic acids is 2. The molecule has 0 fully saturated rings. The highest BCUT2D eigenvalue weighted by Gasteiger charge is 2.50. The molecule has 4 aromatic rings. The van der Waals surface area contributed by atoms with Crippen LogP contribution in [-0.4, -0.2) is 40.6 Å². The standard InChI is InChI=1S/C31H25NO7/c33-27(39-20-31(29(35)36,30(37)38)25-12-5-2-6-13-25)18-21-14-16-26(17-15-21)32-28(34)24-11-7-10-23(19-24)22-8-3-1-4-9-22/h1-17,19H,18,20H2,(H,32,34)(H,35,36)(H,37,38). The molecule has 0 heterocycles. The highest BCUT2D eigenvalue weighted by atomic mass is 16.5. The number of carboxylic acids is 2. The van der Waals surface area contributed by atoms with Gasteiger partial charge in [0, 0.05) is 11.3 Å². The Morgan fingerprint density at radius 1 is 0.692 bits per heavy atom. The molecule has 4 aromatic carbocycles. The maximum atomic E-state index is 12.8. The summed E-state index contributed by atoms with van der Waals surface area (Å²) in [5.41, 5.74) is 1.02. The monoisotopic (exact) mass is 523 g/mol. The molecule has 0 saturated heterocycles. The van der Waals surface area contributed by atoms with Crippen molar-refractivity contribution in [3.05, 3.63) is 126 Å². The normalized spacial score (nSPS) is 10.9. The minimum Gasteiger partial charge on any atom is -0.480 e. The molecule has 8 heteroatoms. The summed E-state index contributed by atoms with van der Waals surface area (Å²) in [7, 11) is 0. The fraction of sp³-hybridized carbons (Fsp3) is 0.0968. The minimum atomic E-state index is -2.43. The molecule has 0 radical (unpaired) electrons. The number of ether oxygens (including phenoxy) is 1. The average Bonchev–Trinajstić information content (AvgIpc) is 2.95. The van der Waals surface area contributed by atoms with Crippen LogP contribution in [0.15, 0.2) is 109 Å². The van der Waals surface area contributed by atoms with Crippen LogP contribution in [0.3, 0.4) is 0 Å². The van der Waals surface area contributed by atoms with Gasteiger partial charge in [-0.05, 0) is 46.5 Å². The van der Waals surface area contributed by atoms with Crippen LogP contribution in [0.2, 0.25) is 0 Å². The molecule has 3 N–H and O–H groups in total. The van der Waals surface area contributed by atoms with E-state index in [1.807, 2.05) is 42.5 Å². The number of esters is 1. The number of benzene rings is 4. The first-order valence-corrected chi connectivity index (χ1v) is 12.0. The van der Waals surface area contributed by atoms with E-state index in [-0.39, 0.29) is 17.9 Å². The molecule has 0 aliphatic rings. The first-order chi connectivity index (χ1) is 18.8. The largest absolute Gasteiger partial charge is 0.480 e. The van der Waals surface area contributed by atoms with Gasteiger partial charge in [0.1, 0.15) is 6.61 Å². The van der Waals surface area contributed by atoms with Gasteiger partial charge in [0.25, 0.3) is 5.91 Å². The van der Waals surface area contributed by atoms with Gasteiger partial charge in [-0.15, -0.1) is 0 Å². The zero-order chi connectivity index (χ0) is 27.8. The van der Waals surface area contributed by atoms with Crippen LogP contribution in [0.5, 0.6) is 0 Å². The Balaban J connectivity index is 1.38. The van der Waals surface area contributed by atoms with Crippen LogP contribution < -0.4 is 5.32 Å². The Morgan fingerprint density at radius 2 is 1.28 bits per heavy atom. The van der Waals surface area contributed by atoms with Crippen molar-refractivity contribution in [2.24, 2.45) is 0 Å². The molecule has 39 heavy (non-hydrogen) atoms. The zero-order valence-corrected chi connectivity index (χ0v) is 20.7. The molecule has 0 saturated carbocycles. The van der Waals surface area contributed by atoms with Gasteiger partial charge in [-0.25, -0.2) is 0 Å². The Bertz CT molecular complexity index is 1470. The number of amides is 1. The molecule has 8 nitrogen and oxygen atoms in total. The van der Waals surface area contributed by atoms with Crippen LogP contribution in [0.25, 0.3) is 11.1 Å². The summed E-state index contributed by atoms with van der Waals surface area (Å²) >= 11 is 0. The topological polar surface area (TPSA) is 130 Å². The van der Waals surface area contributed by atoms with E-state index >= 15 is 0 Å². The Labute approximate surface area is 224 Å². The van der Waals surface area contributed by atoms with Crippen LogP contribution in [-0.2, 0) is 31.0 Å². The van der Waals surface area contributed by atoms with Gasteiger partial charge in [-0.2, -0.15) is 0 Å². The first-order valence-electron chi connectivity index (χ1n) is 12.0. The van der Waals surface area contributed by atoms with Gasteiger partial charge in [-0.3, -0.25) is 19.2 Å². The van der Waals surface area contributed by atoms with Crippen LogP contribution in [0.1, 0.15) is 21.5 Å². The Hall–Kier alpha value is -5.24. The van der Waals surface area contributed by atoms with Crippen molar-refractivity contribution in [2.75, 3.05) is 11.9 Å². The van der Waals surface area contributed by atoms with Crippen LogP contribution in [0.4, 0.5) is 5.69 Å². The van der Waals surface area contributed by atoms with Gasteiger partial charge in [0.15, 0.2) is 0 Å². The van der Waals surface area contributed by atoms with E-state index in [0.717, 1.165) is 11.1 Å². The van der Waals surface area contributed by atoms with Crippen molar-refractivity contribution < 1.29 is 34.1 Å². The molecular weight excluding hydrogens is 498 g/mol. The number of rotatable bonds is 10. The molecule has 0 atom stereocenters. The first kappa shape index (κ1) is 26.8. The van der Waals surface area contributed by atoms with E-state index in [2.05, 4.69) is 5.32 Å². The second-order valence-corrected chi connectivity index (χ2v) is 8.82. The summed E-state index contributed by atoms with van der Waals surface area (Å²) in [5, 5.41) is 22.2. The van der Waals surface area contributed by atoms with Gasteiger partial charge in [-0.1, -0.05) is 84.9 Å². The van der Waals surface area contributed by atoms with Gasteiger partial charge in [0.2, 0.25) is 5.41 Å². The second kappa shape index (κ2) is 11.9. The van der Waals surface area contributed by atoms with E-state index in [4.69, 9.17) is 4.74 Å². The van der Waals surface area contributed by atoms with E-state index in [0.29, 0.717) is 16.8 Å². The highest BCUT2D eigenvalue weighted by Crippen LogP contribution is 2.26. The van der Waals surface area contributed by atoms with Gasteiger partial charge >= 0.3 is 17.9 Å². The molecule has 0 unspecified atom stereocenters. The molecule has 1 amide bonds. The third kappa shape index (κ3) is 6.19. The summed E-state index contributed by atoms with van der Waals surface area (Å²) in [6.45, 7) is -0.864. The fourth-order valence-electron chi connectivity index (χ4n) is 4.05. The van der Waals surface area contributed by atoms with Crippen LogP contribution >= 0.6 is 0 Å². The number of carboxylic acid groups (broad SMARTS) is 2. The number of anilines is 1. The van der Waals surface area contributed by atoms with Crippen molar-refractivity contribution >= 4 is 29.5 Å². The molecular formula is C31H25NO7. The summed E-state index contributed by atoms with van der Waals surface area (Å²) in [5.74, 6) is -4.35. The number of hydrogen-bond donors (Lipinski definition) is 3. The molecule has 0 aromatic heterocycles. The predicted molar refractivity (Wildman–Crippen MR) is 144 cm³/mol. The lowest BCUT2D eigenvalue weighted by Crippen LogP contribution is -2.48. The lowest BCUT2D eigenvalue weighted by atomic mass is 9.81. The fourth-order valence-corrected chi connectivity index (χ4v) is 4.05. The van der Waals surface area contributed by atoms with Crippen molar-refractivity contribution in [3.63, 3.8) is 0 Å². The maximum absolute atomic E-state index is 12.8. The highest BCUT2D eigenvalue weighted by molar-refractivity contribution is 6.05.